The Kier molecular flexibility index (Phi) is 4.60. The molecule has 3 fully saturated rings. The number of fused-ring (bicyclic) bond motifs is 2. The second-order valence-corrected chi connectivity index (χ2v) is 8.12. The minimum atomic E-state index is -0.723. The number of carbonyl (C=O) groups is 1. The van der Waals surface area contributed by atoms with Gasteiger partial charge in [0, 0.05) is 18.5 Å². The molecule has 0 aliphatic carbocycles. The average Bonchev–Trinajstić information content (AvgIpc) is 3.02. The molecule has 0 aromatic heterocycles. The molecule has 3 aliphatic heterocycles. The van der Waals surface area contributed by atoms with Crippen LogP contribution in [0.15, 0.2) is 0 Å². The van der Waals surface area contributed by atoms with Crippen LogP contribution in [0.1, 0.15) is 59.3 Å². The van der Waals surface area contributed by atoms with Gasteiger partial charge in [-0.15, -0.1) is 0 Å². The quantitative estimate of drug-likeness (QED) is 0.862. The molecular formula is C17H29NO5. The highest BCUT2D eigenvalue weighted by Gasteiger charge is 2.50. The smallest absolute Gasteiger partial charge is 0.410 e. The SMILES string of the molecule is CC(C)(C)OC(=O)N1C2CCC1CC(O)(CCC1OCCO1)C2. The highest BCUT2D eigenvalue weighted by molar-refractivity contribution is 5.69. The standard InChI is InChI=1S/C17H29NO5/c1-16(2,3)23-15(19)18-12-4-5-13(18)11-17(20,10-12)7-6-14-21-8-9-22-14/h12-14,20H,4-11H2,1-3H3. The Bertz CT molecular complexity index is 427. The van der Waals surface area contributed by atoms with Gasteiger partial charge in [0.15, 0.2) is 6.29 Å². The molecule has 6 nitrogen and oxygen atoms in total. The molecule has 3 saturated heterocycles. The van der Waals surface area contributed by atoms with Crippen molar-refractivity contribution in [3.05, 3.63) is 0 Å². The molecule has 0 saturated carbocycles. The van der Waals surface area contributed by atoms with Crippen LogP contribution in [0.4, 0.5) is 4.79 Å². The molecule has 2 atom stereocenters. The monoisotopic (exact) mass is 327 g/mol. The van der Waals surface area contributed by atoms with E-state index in [1.165, 1.54) is 0 Å². The van der Waals surface area contributed by atoms with Crippen molar-refractivity contribution in [3.8, 4) is 0 Å². The Balaban J connectivity index is 1.58. The van der Waals surface area contributed by atoms with E-state index in [0.29, 0.717) is 38.9 Å². The summed E-state index contributed by atoms with van der Waals surface area (Å²) in [5, 5.41) is 11.0. The maximum absolute atomic E-state index is 12.4. The molecular weight excluding hydrogens is 298 g/mol. The van der Waals surface area contributed by atoms with E-state index in [1.807, 2.05) is 25.7 Å². The fourth-order valence-corrected chi connectivity index (χ4v) is 4.10. The van der Waals surface area contributed by atoms with Crippen molar-refractivity contribution in [1.29, 1.82) is 0 Å². The summed E-state index contributed by atoms with van der Waals surface area (Å²) in [6.07, 6.45) is 4.08. The molecule has 3 heterocycles. The predicted molar refractivity (Wildman–Crippen MR) is 84.0 cm³/mol. The lowest BCUT2D eigenvalue weighted by molar-refractivity contribution is -0.0923. The number of rotatable bonds is 3. The first kappa shape index (κ1) is 17.0. The van der Waals surface area contributed by atoms with Gasteiger partial charge in [-0.2, -0.15) is 0 Å². The molecule has 3 rings (SSSR count). The van der Waals surface area contributed by atoms with Crippen molar-refractivity contribution in [2.45, 2.75) is 88.9 Å². The summed E-state index contributed by atoms with van der Waals surface area (Å²) in [6.45, 7) is 6.93. The molecule has 0 aromatic rings. The average molecular weight is 327 g/mol. The van der Waals surface area contributed by atoms with Crippen LogP contribution in [-0.2, 0) is 14.2 Å². The van der Waals surface area contributed by atoms with Crippen LogP contribution in [0.25, 0.3) is 0 Å². The Labute approximate surface area is 138 Å². The first-order valence-corrected chi connectivity index (χ1v) is 8.73. The predicted octanol–water partition coefficient (Wildman–Crippen LogP) is 2.43. The number of nitrogens with zero attached hydrogens (tertiary/aromatic N) is 1. The number of amides is 1. The van der Waals surface area contributed by atoms with Crippen molar-refractivity contribution >= 4 is 6.09 Å². The lowest BCUT2D eigenvalue weighted by atomic mass is 9.82. The molecule has 1 amide bonds. The highest BCUT2D eigenvalue weighted by Crippen LogP contribution is 2.43. The van der Waals surface area contributed by atoms with Gasteiger partial charge in [0.05, 0.1) is 18.8 Å². The number of carbonyl (C=O) groups excluding carboxylic acids is 1. The van der Waals surface area contributed by atoms with E-state index in [9.17, 15) is 9.90 Å². The van der Waals surface area contributed by atoms with E-state index in [1.54, 1.807) is 0 Å². The minimum Gasteiger partial charge on any atom is -0.444 e. The number of hydrogen-bond acceptors (Lipinski definition) is 5. The molecule has 0 aromatic carbocycles. The summed E-state index contributed by atoms with van der Waals surface area (Å²) >= 11 is 0. The van der Waals surface area contributed by atoms with Gasteiger partial charge in [-0.05, 0) is 52.9 Å². The lowest BCUT2D eigenvalue weighted by Crippen LogP contribution is -2.54. The molecule has 2 bridgehead atoms. The van der Waals surface area contributed by atoms with Crippen LogP contribution >= 0.6 is 0 Å². The number of piperidine rings is 1. The van der Waals surface area contributed by atoms with E-state index in [4.69, 9.17) is 14.2 Å². The third kappa shape index (κ3) is 3.98. The normalized spacial score (nSPS) is 34.9. The summed E-state index contributed by atoms with van der Waals surface area (Å²) in [5.74, 6) is 0. The van der Waals surface area contributed by atoms with E-state index < -0.39 is 11.2 Å². The third-order valence-electron chi connectivity index (χ3n) is 4.99. The Morgan fingerprint density at radius 1 is 1.22 bits per heavy atom. The topological polar surface area (TPSA) is 68.2 Å². The van der Waals surface area contributed by atoms with Gasteiger partial charge in [0.2, 0.25) is 0 Å². The largest absolute Gasteiger partial charge is 0.444 e. The third-order valence-corrected chi connectivity index (χ3v) is 4.99. The fourth-order valence-electron chi connectivity index (χ4n) is 4.10. The van der Waals surface area contributed by atoms with Gasteiger partial charge >= 0.3 is 6.09 Å². The first-order valence-electron chi connectivity index (χ1n) is 8.73. The molecule has 23 heavy (non-hydrogen) atoms. The molecule has 0 radical (unpaired) electrons. The van der Waals surface area contributed by atoms with Crippen LogP contribution in [0.2, 0.25) is 0 Å². The molecule has 132 valence electrons. The van der Waals surface area contributed by atoms with E-state index >= 15 is 0 Å². The van der Waals surface area contributed by atoms with Gasteiger partial charge < -0.3 is 24.2 Å². The van der Waals surface area contributed by atoms with Crippen LogP contribution in [0.3, 0.4) is 0 Å². The number of hydrogen-bond donors (Lipinski definition) is 1. The second kappa shape index (κ2) is 6.22. The maximum atomic E-state index is 12.4. The Hall–Kier alpha value is -0.850. The van der Waals surface area contributed by atoms with Crippen molar-refractivity contribution in [1.82, 2.24) is 4.90 Å². The van der Waals surface area contributed by atoms with Crippen LogP contribution in [-0.4, -0.2) is 58.9 Å². The van der Waals surface area contributed by atoms with Gasteiger partial charge in [-0.1, -0.05) is 0 Å². The summed E-state index contributed by atoms with van der Waals surface area (Å²) in [7, 11) is 0. The van der Waals surface area contributed by atoms with Gasteiger partial charge in [0.25, 0.3) is 0 Å². The second-order valence-electron chi connectivity index (χ2n) is 8.12. The number of ether oxygens (including phenoxy) is 3. The molecule has 6 heteroatoms. The van der Waals surface area contributed by atoms with E-state index in [2.05, 4.69) is 0 Å². The van der Waals surface area contributed by atoms with Crippen LogP contribution in [0.5, 0.6) is 0 Å². The van der Waals surface area contributed by atoms with Crippen LogP contribution in [0, 0.1) is 0 Å². The zero-order chi connectivity index (χ0) is 16.7. The minimum absolute atomic E-state index is 0.0824. The van der Waals surface area contributed by atoms with Gasteiger partial charge in [-0.3, -0.25) is 0 Å². The summed E-state index contributed by atoms with van der Waals surface area (Å²) < 4.78 is 16.4. The molecule has 1 N–H and O–H groups in total. The Morgan fingerprint density at radius 3 is 2.30 bits per heavy atom. The lowest BCUT2D eigenvalue weighted by Gasteiger charge is -2.44. The van der Waals surface area contributed by atoms with Crippen molar-refractivity contribution in [3.63, 3.8) is 0 Å². The number of aliphatic hydroxyl groups is 1. The summed E-state index contributed by atoms with van der Waals surface area (Å²) in [5.41, 5.74) is -1.21. The van der Waals surface area contributed by atoms with Crippen LogP contribution < -0.4 is 0 Å². The zero-order valence-corrected chi connectivity index (χ0v) is 14.4. The van der Waals surface area contributed by atoms with Crippen molar-refractivity contribution < 1.29 is 24.1 Å². The fraction of sp³-hybridized carbons (Fsp3) is 0.941. The Morgan fingerprint density at radius 2 is 1.78 bits per heavy atom. The highest BCUT2D eigenvalue weighted by atomic mass is 16.7. The zero-order valence-electron chi connectivity index (χ0n) is 14.4. The molecule has 3 aliphatic rings. The van der Waals surface area contributed by atoms with Gasteiger partial charge in [0.1, 0.15) is 5.60 Å². The summed E-state index contributed by atoms with van der Waals surface area (Å²) in [4.78, 5) is 14.3. The first-order chi connectivity index (χ1) is 10.8. The van der Waals surface area contributed by atoms with E-state index in [-0.39, 0.29) is 24.5 Å². The molecule has 0 spiro atoms. The summed E-state index contributed by atoms with van der Waals surface area (Å²) in [6, 6.07) is 0.165. The van der Waals surface area contributed by atoms with E-state index in [0.717, 1.165) is 12.8 Å². The van der Waals surface area contributed by atoms with Gasteiger partial charge in [-0.25, -0.2) is 4.79 Å². The van der Waals surface area contributed by atoms with Crippen molar-refractivity contribution in [2.75, 3.05) is 13.2 Å². The molecule has 2 unspecified atom stereocenters. The maximum Gasteiger partial charge on any atom is 0.410 e. The van der Waals surface area contributed by atoms with Crippen molar-refractivity contribution in [2.24, 2.45) is 0 Å².